The summed E-state index contributed by atoms with van der Waals surface area (Å²) in [5.74, 6) is 0.608. The maximum absolute atomic E-state index is 12.5. The van der Waals surface area contributed by atoms with E-state index in [2.05, 4.69) is 4.98 Å². The van der Waals surface area contributed by atoms with Crippen LogP contribution in [0.25, 0.3) is 11.0 Å². The third kappa shape index (κ3) is 4.25. The van der Waals surface area contributed by atoms with Gasteiger partial charge in [0.15, 0.2) is 0 Å². The number of aliphatic carboxylic acids is 1. The lowest BCUT2D eigenvalue weighted by atomic mass is 10.3. The summed E-state index contributed by atoms with van der Waals surface area (Å²) in [6.45, 7) is 2.77. The molecule has 0 fully saturated rings. The van der Waals surface area contributed by atoms with Crippen molar-refractivity contribution in [2.24, 2.45) is 0 Å². The molecule has 2 rings (SSSR count). The molecule has 0 radical (unpaired) electrons. The molecule has 1 heterocycles. The van der Waals surface area contributed by atoms with Crippen molar-refractivity contribution in [1.82, 2.24) is 14.5 Å². The molecule has 0 unspecified atom stereocenters. The SMILES string of the molecule is CCN(CCC(=O)O)C(=O)Cn1c(CSC)nc2ccccc21. The first-order valence-corrected chi connectivity index (χ1v) is 8.88. The normalized spacial score (nSPS) is 10.9. The van der Waals surface area contributed by atoms with Crippen molar-refractivity contribution in [3.63, 3.8) is 0 Å². The largest absolute Gasteiger partial charge is 0.481 e. The highest BCUT2D eigenvalue weighted by Crippen LogP contribution is 2.19. The Morgan fingerprint density at radius 2 is 2.09 bits per heavy atom. The zero-order chi connectivity index (χ0) is 16.8. The van der Waals surface area contributed by atoms with Crippen molar-refractivity contribution < 1.29 is 14.7 Å². The number of imidazole rings is 1. The Bertz CT molecular complexity index is 699. The van der Waals surface area contributed by atoms with Crippen LogP contribution in [0.1, 0.15) is 19.2 Å². The van der Waals surface area contributed by atoms with E-state index in [-0.39, 0.29) is 25.4 Å². The van der Waals surface area contributed by atoms with Gasteiger partial charge in [0, 0.05) is 13.1 Å². The molecule has 0 aliphatic rings. The topological polar surface area (TPSA) is 75.4 Å². The van der Waals surface area contributed by atoms with Gasteiger partial charge in [-0.2, -0.15) is 11.8 Å². The number of benzene rings is 1. The van der Waals surface area contributed by atoms with Gasteiger partial charge in [0.2, 0.25) is 5.91 Å². The van der Waals surface area contributed by atoms with Gasteiger partial charge in [-0.05, 0) is 25.3 Å². The molecule has 124 valence electrons. The highest BCUT2D eigenvalue weighted by atomic mass is 32.2. The summed E-state index contributed by atoms with van der Waals surface area (Å²) in [4.78, 5) is 29.4. The number of thioether (sulfide) groups is 1. The van der Waals surface area contributed by atoms with E-state index in [1.807, 2.05) is 42.0 Å². The van der Waals surface area contributed by atoms with Crippen LogP contribution >= 0.6 is 11.8 Å². The zero-order valence-electron chi connectivity index (χ0n) is 13.4. The molecule has 0 bridgehead atoms. The van der Waals surface area contributed by atoms with Gasteiger partial charge in [-0.25, -0.2) is 4.98 Å². The van der Waals surface area contributed by atoms with Gasteiger partial charge in [-0.3, -0.25) is 9.59 Å². The molecule has 6 nitrogen and oxygen atoms in total. The monoisotopic (exact) mass is 335 g/mol. The van der Waals surface area contributed by atoms with Crippen molar-refractivity contribution in [3.05, 3.63) is 30.1 Å². The zero-order valence-corrected chi connectivity index (χ0v) is 14.2. The summed E-state index contributed by atoms with van der Waals surface area (Å²) >= 11 is 1.65. The first kappa shape index (κ1) is 17.3. The number of fused-ring (bicyclic) bond motifs is 1. The summed E-state index contributed by atoms with van der Waals surface area (Å²) in [6.07, 6.45) is 1.96. The molecular formula is C16H21N3O3S. The third-order valence-electron chi connectivity index (χ3n) is 3.63. The predicted octanol–water partition coefficient (Wildman–Crippen LogP) is 2.22. The quantitative estimate of drug-likeness (QED) is 0.800. The number of carbonyl (C=O) groups excluding carboxylic acids is 1. The van der Waals surface area contributed by atoms with Crippen LogP contribution in [-0.2, 0) is 21.9 Å². The average molecular weight is 335 g/mol. The summed E-state index contributed by atoms with van der Waals surface area (Å²) in [7, 11) is 0. The molecule has 0 aliphatic heterocycles. The Morgan fingerprint density at radius 3 is 2.74 bits per heavy atom. The second-order valence-electron chi connectivity index (χ2n) is 5.15. The van der Waals surface area contributed by atoms with Crippen LogP contribution in [0.2, 0.25) is 0 Å². The first-order valence-electron chi connectivity index (χ1n) is 7.49. The lowest BCUT2D eigenvalue weighted by molar-refractivity contribution is -0.138. The lowest BCUT2D eigenvalue weighted by Crippen LogP contribution is -2.35. The van der Waals surface area contributed by atoms with Gasteiger partial charge in [-0.15, -0.1) is 0 Å². The molecule has 0 saturated carbocycles. The van der Waals surface area contributed by atoms with E-state index in [9.17, 15) is 9.59 Å². The number of hydrogen-bond donors (Lipinski definition) is 1. The molecule has 1 amide bonds. The van der Waals surface area contributed by atoms with E-state index in [0.29, 0.717) is 6.54 Å². The molecule has 1 N–H and O–H groups in total. The number of para-hydroxylation sites is 2. The average Bonchev–Trinajstić information content (AvgIpc) is 2.86. The van der Waals surface area contributed by atoms with Crippen LogP contribution in [-0.4, -0.2) is 50.8 Å². The Hall–Kier alpha value is -2.02. The summed E-state index contributed by atoms with van der Waals surface area (Å²) in [5, 5.41) is 8.80. The molecule has 1 aromatic carbocycles. The van der Waals surface area contributed by atoms with E-state index in [1.165, 1.54) is 0 Å². The second kappa shape index (κ2) is 8.01. The van der Waals surface area contributed by atoms with Crippen LogP contribution in [0, 0.1) is 0 Å². The maximum atomic E-state index is 12.5. The minimum Gasteiger partial charge on any atom is -0.481 e. The van der Waals surface area contributed by atoms with Crippen molar-refractivity contribution in [1.29, 1.82) is 0 Å². The van der Waals surface area contributed by atoms with E-state index in [0.717, 1.165) is 22.6 Å². The fourth-order valence-electron chi connectivity index (χ4n) is 2.47. The Morgan fingerprint density at radius 1 is 1.35 bits per heavy atom. The second-order valence-corrected chi connectivity index (χ2v) is 6.02. The number of carbonyl (C=O) groups is 2. The van der Waals surface area contributed by atoms with E-state index < -0.39 is 5.97 Å². The number of aromatic nitrogens is 2. The number of likely N-dealkylation sites (N-methyl/N-ethyl adjacent to an activating group) is 1. The number of nitrogens with zero attached hydrogens (tertiary/aromatic N) is 3. The Labute approximate surface area is 139 Å². The minimum absolute atomic E-state index is 0.0398. The van der Waals surface area contributed by atoms with Gasteiger partial charge >= 0.3 is 5.97 Å². The molecular weight excluding hydrogens is 314 g/mol. The first-order chi connectivity index (χ1) is 11.1. The van der Waals surface area contributed by atoms with Crippen molar-refractivity contribution in [3.8, 4) is 0 Å². The van der Waals surface area contributed by atoms with Crippen LogP contribution in [0.15, 0.2) is 24.3 Å². The lowest BCUT2D eigenvalue weighted by Gasteiger charge is -2.21. The summed E-state index contributed by atoms with van der Waals surface area (Å²) in [6, 6.07) is 7.74. The van der Waals surface area contributed by atoms with Crippen molar-refractivity contribution in [2.75, 3.05) is 19.3 Å². The Balaban J connectivity index is 2.23. The third-order valence-corrected chi connectivity index (χ3v) is 4.18. The fraction of sp³-hybridized carbons (Fsp3) is 0.438. The molecule has 0 atom stereocenters. The Kier molecular flexibility index (Phi) is 6.04. The minimum atomic E-state index is -0.896. The highest BCUT2D eigenvalue weighted by Gasteiger charge is 2.17. The molecule has 0 spiro atoms. The molecule has 2 aromatic rings. The number of rotatable bonds is 8. The van der Waals surface area contributed by atoms with E-state index in [4.69, 9.17) is 5.11 Å². The molecule has 0 aliphatic carbocycles. The van der Waals surface area contributed by atoms with Crippen molar-refractivity contribution in [2.45, 2.75) is 25.6 Å². The summed E-state index contributed by atoms with van der Waals surface area (Å²) in [5.41, 5.74) is 1.80. The fourth-order valence-corrected chi connectivity index (χ4v) is 2.94. The van der Waals surface area contributed by atoms with Gasteiger partial charge in [0.25, 0.3) is 0 Å². The van der Waals surface area contributed by atoms with E-state index in [1.54, 1.807) is 16.7 Å². The van der Waals surface area contributed by atoms with Gasteiger partial charge < -0.3 is 14.6 Å². The highest BCUT2D eigenvalue weighted by molar-refractivity contribution is 7.97. The van der Waals surface area contributed by atoms with Crippen LogP contribution in [0.5, 0.6) is 0 Å². The van der Waals surface area contributed by atoms with Crippen LogP contribution < -0.4 is 0 Å². The van der Waals surface area contributed by atoms with Crippen LogP contribution in [0.4, 0.5) is 0 Å². The molecule has 0 saturated heterocycles. The number of amides is 1. The van der Waals surface area contributed by atoms with Gasteiger partial charge in [0.1, 0.15) is 12.4 Å². The van der Waals surface area contributed by atoms with Gasteiger partial charge in [-0.1, -0.05) is 12.1 Å². The molecule has 7 heteroatoms. The van der Waals surface area contributed by atoms with Crippen LogP contribution in [0.3, 0.4) is 0 Å². The number of hydrogen-bond acceptors (Lipinski definition) is 4. The molecule has 23 heavy (non-hydrogen) atoms. The number of carboxylic acids is 1. The standard InChI is InChI=1S/C16H21N3O3S/c1-3-18(9-8-16(21)22)15(20)10-19-13-7-5-4-6-12(13)17-14(19)11-23-2/h4-7H,3,8-11H2,1-2H3,(H,21,22). The van der Waals surface area contributed by atoms with E-state index >= 15 is 0 Å². The number of carboxylic acid groups (broad SMARTS) is 1. The maximum Gasteiger partial charge on any atom is 0.305 e. The smallest absolute Gasteiger partial charge is 0.305 e. The van der Waals surface area contributed by atoms with Gasteiger partial charge in [0.05, 0.1) is 23.2 Å². The van der Waals surface area contributed by atoms with Crippen molar-refractivity contribution >= 4 is 34.7 Å². The predicted molar refractivity (Wildman–Crippen MR) is 91.5 cm³/mol. The molecule has 1 aromatic heterocycles. The summed E-state index contributed by atoms with van der Waals surface area (Å²) < 4.78 is 1.93.